The molecule has 4 nitrogen and oxygen atoms in total. The Bertz CT molecular complexity index is 872. The highest BCUT2D eigenvalue weighted by molar-refractivity contribution is 7.98. The molecule has 0 fully saturated rings. The smallest absolute Gasteiger partial charge is 0.191 e. The van der Waals surface area contributed by atoms with Crippen LogP contribution in [0, 0.1) is 0 Å². The van der Waals surface area contributed by atoms with E-state index in [0.29, 0.717) is 15.8 Å². The van der Waals surface area contributed by atoms with Crippen LogP contribution in [0.1, 0.15) is 5.56 Å². The molecule has 0 aliphatic rings. The van der Waals surface area contributed by atoms with E-state index in [-0.39, 0.29) is 0 Å². The predicted molar refractivity (Wildman–Crippen MR) is 107 cm³/mol. The highest BCUT2D eigenvalue weighted by Gasteiger charge is 2.14. The molecule has 0 unspecified atom stereocenters. The molecule has 0 N–H and O–H groups in total. The first-order chi connectivity index (χ1) is 12.0. The van der Waals surface area contributed by atoms with Gasteiger partial charge in [0.1, 0.15) is 0 Å². The summed E-state index contributed by atoms with van der Waals surface area (Å²) in [6, 6.07) is 13.8. The first kappa shape index (κ1) is 18.1. The Balaban J connectivity index is 1.83. The lowest BCUT2D eigenvalue weighted by atomic mass is 10.2. The fourth-order valence-electron chi connectivity index (χ4n) is 2.42. The standard InChI is InChI=1S/C18H18Cl2N4S/c1-23(2)13-7-4-6-12(10-13)17-21-22-18(24(17)3)25-11-14-15(19)8-5-9-16(14)20/h4-10H,11H2,1-3H3. The van der Waals surface area contributed by atoms with Gasteiger partial charge in [0.2, 0.25) is 0 Å². The molecule has 0 saturated heterocycles. The van der Waals surface area contributed by atoms with Crippen LogP contribution in [0.15, 0.2) is 47.6 Å². The van der Waals surface area contributed by atoms with Gasteiger partial charge in [-0.1, -0.05) is 53.2 Å². The number of anilines is 1. The van der Waals surface area contributed by atoms with Gasteiger partial charge < -0.3 is 9.47 Å². The van der Waals surface area contributed by atoms with E-state index in [1.165, 1.54) is 0 Å². The Morgan fingerprint density at radius 3 is 2.40 bits per heavy atom. The topological polar surface area (TPSA) is 34.0 Å². The second-order valence-electron chi connectivity index (χ2n) is 5.80. The summed E-state index contributed by atoms with van der Waals surface area (Å²) in [4.78, 5) is 2.06. The Hall–Kier alpha value is -1.69. The first-order valence-corrected chi connectivity index (χ1v) is 9.44. The molecule has 0 aliphatic carbocycles. The molecule has 25 heavy (non-hydrogen) atoms. The van der Waals surface area contributed by atoms with Crippen molar-refractivity contribution in [1.82, 2.24) is 14.8 Å². The maximum Gasteiger partial charge on any atom is 0.191 e. The molecule has 0 saturated carbocycles. The molecule has 0 bridgehead atoms. The van der Waals surface area contributed by atoms with Gasteiger partial charge >= 0.3 is 0 Å². The minimum absolute atomic E-state index is 0.641. The SMILES string of the molecule is CN(C)c1cccc(-c2nnc(SCc3c(Cl)cccc3Cl)n2C)c1. The first-order valence-electron chi connectivity index (χ1n) is 7.70. The Kier molecular flexibility index (Phi) is 5.57. The van der Waals surface area contributed by atoms with Gasteiger partial charge in [0.25, 0.3) is 0 Å². The molecule has 1 aromatic heterocycles. The zero-order valence-electron chi connectivity index (χ0n) is 14.2. The number of hydrogen-bond acceptors (Lipinski definition) is 4. The maximum absolute atomic E-state index is 6.24. The number of aromatic nitrogens is 3. The molecular formula is C18H18Cl2N4S. The number of nitrogens with zero attached hydrogens (tertiary/aromatic N) is 4. The number of rotatable bonds is 5. The minimum Gasteiger partial charge on any atom is -0.378 e. The molecule has 0 spiro atoms. The van der Waals surface area contributed by atoms with Crippen LogP contribution in [-0.4, -0.2) is 28.9 Å². The highest BCUT2D eigenvalue weighted by Crippen LogP contribution is 2.32. The average molecular weight is 393 g/mol. The van der Waals surface area contributed by atoms with Crippen molar-refractivity contribution >= 4 is 40.7 Å². The molecule has 1 heterocycles. The molecule has 130 valence electrons. The fraction of sp³-hybridized carbons (Fsp3) is 0.222. The third-order valence-electron chi connectivity index (χ3n) is 3.86. The highest BCUT2D eigenvalue weighted by atomic mass is 35.5. The summed E-state index contributed by atoms with van der Waals surface area (Å²) in [7, 11) is 6.00. The minimum atomic E-state index is 0.641. The summed E-state index contributed by atoms with van der Waals surface area (Å²) < 4.78 is 1.99. The number of benzene rings is 2. The summed E-state index contributed by atoms with van der Waals surface area (Å²) >= 11 is 14.0. The van der Waals surface area contributed by atoms with Crippen LogP contribution in [0.3, 0.4) is 0 Å². The van der Waals surface area contributed by atoms with Gasteiger partial charge in [0, 0.05) is 48.2 Å². The maximum atomic E-state index is 6.24. The van der Waals surface area contributed by atoms with Crippen molar-refractivity contribution in [3.05, 3.63) is 58.1 Å². The molecule has 0 radical (unpaired) electrons. The second kappa shape index (κ2) is 7.68. The molecule has 3 aromatic rings. The Morgan fingerprint density at radius 1 is 1.04 bits per heavy atom. The molecule has 0 amide bonds. The normalized spacial score (nSPS) is 10.9. The van der Waals surface area contributed by atoms with Gasteiger partial charge in [-0.15, -0.1) is 10.2 Å². The summed E-state index contributed by atoms with van der Waals surface area (Å²) in [6.45, 7) is 0. The predicted octanol–water partition coefficient (Wildman–Crippen LogP) is 5.15. The van der Waals surface area contributed by atoms with Crippen molar-refractivity contribution in [1.29, 1.82) is 0 Å². The van der Waals surface area contributed by atoms with Crippen molar-refractivity contribution in [2.75, 3.05) is 19.0 Å². The van der Waals surface area contributed by atoms with Crippen molar-refractivity contribution in [2.45, 2.75) is 10.9 Å². The van der Waals surface area contributed by atoms with Gasteiger partial charge in [-0.2, -0.15) is 0 Å². The van der Waals surface area contributed by atoms with E-state index in [1.54, 1.807) is 11.8 Å². The number of halogens is 2. The second-order valence-corrected chi connectivity index (χ2v) is 7.56. The Labute approximate surface area is 161 Å². The van der Waals surface area contributed by atoms with Gasteiger partial charge in [-0.25, -0.2) is 0 Å². The molecular weight excluding hydrogens is 375 g/mol. The van der Waals surface area contributed by atoms with Crippen LogP contribution < -0.4 is 4.90 Å². The van der Waals surface area contributed by atoms with Crippen LogP contribution in [0.4, 0.5) is 5.69 Å². The van der Waals surface area contributed by atoms with Crippen LogP contribution >= 0.6 is 35.0 Å². The van der Waals surface area contributed by atoms with Crippen molar-refractivity contribution < 1.29 is 0 Å². The lowest BCUT2D eigenvalue weighted by molar-refractivity contribution is 0.794. The van der Waals surface area contributed by atoms with E-state index in [9.17, 15) is 0 Å². The lowest BCUT2D eigenvalue weighted by Gasteiger charge is -2.13. The average Bonchev–Trinajstić information content (AvgIpc) is 2.95. The van der Waals surface area contributed by atoms with Crippen LogP contribution in [0.25, 0.3) is 11.4 Å². The summed E-state index contributed by atoms with van der Waals surface area (Å²) in [5.41, 5.74) is 3.07. The number of hydrogen-bond donors (Lipinski definition) is 0. The quantitative estimate of drug-likeness (QED) is 0.562. The van der Waals surface area contributed by atoms with E-state index in [2.05, 4.69) is 27.2 Å². The third kappa shape index (κ3) is 3.94. The van der Waals surface area contributed by atoms with Crippen molar-refractivity contribution in [3.63, 3.8) is 0 Å². The zero-order chi connectivity index (χ0) is 18.0. The monoisotopic (exact) mass is 392 g/mol. The van der Waals surface area contributed by atoms with Gasteiger partial charge in [-0.05, 0) is 29.8 Å². The van der Waals surface area contributed by atoms with Crippen molar-refractivity contribution in [3.8, 4) is 11.4 Å². The molecule has 0 aliphatic heterocycles. The number of thioether (sulfide) groups is 1. The zero-order valence-corrected chi connectivity index (χ0v) is 16.5. The lowest BCUT2D eigenvalue weighted by Crippen LogP contribution is -2.08. The van der Waals surface area contributed by atoms with E-state index >= 15 is 0 Å². The van der Waals surface area contributed by atoms with Crippen LogP contribution in [0.5, 0.6) is 0 Å². The van der Waals surface area contributed by atoms with Gasteiger partial charge in [-0.3, -0.25) is 0 Å². The molecule has 0 atom stereocenters. The van der Waals surface area contributed by atoms with Gasteiger partial charge in [0.15, 0.2) is 11.0 Å². The fourth-order valence-corrected chi connectivity index (χ4v) is 4.07. The molecule has 2 aromatic carbocycles. The molecule has 7 heteroatoms. The van der Waals surface area contributed by atoms with Crippen LogP contribution in [-0.2, 0) is 12.8 Å². The molecule has 3 rings (SSSR count). The summed E-state index contributed by atoms with van der Waals surface area (Å²) in [6.07, 6.45) is 0. The summed E-state index contributed by atoms with van der Waals surface area (Å²) in [5, 5.41) is 10.8. The summed E-state index contributed by atoms with van der Waals surface area (Å²) in [5.74, 6) is 1.47. The third-order valence-corrected chi connectivity index (χ3v) is 5.62. The van der Waals surface area contributed by atoms with Gasteiger partial charge in [0.05, 0.1) is 0 Å². The van der Waals surface area contributed by atoms with E-state index in [0.717, 1.165) is 27.8 Å². The largest absolute Gasteiger partial charge is 0.378 e. The van der Waals surface area contributed by atoms with E-state index in [4.69, 9.17) is 23.2 Å². The van der Waals surface area contributed by atoms with E-state index in [1.807, 2.05) is 56.0 Å². The van der Waals surface area contributed by atoms with Crippen molar-refractivity contribution in [2.24, 2.45) is 7.05 Å². The van der Waals surface area contributed by atoms with E-state index < -0.39 is 0 Å². The van der Waals surface area contributed by atoms with Crippen LogP contribution in [0.2, 0.25) is 10.0 Å². The Morgan fingerprint density at radius 2 is 1.72 bits per heavy atom.